The van der Waals surface area contributed by atoms with Crippen molar-refractivity contribution >= 4 is 45.2 Å². The maximum absolute atomic E-state index is 13.5. The molecule has 1 fully saturated rings. The molecule has 0 radical (unpaired) electrons. The molecule has 1 aliphatic heterocycles. The van der Waals surface area contributed by atoms with Crippen molar-refractivity contribution in [2.75, 3.05) is 13.1 Å². The Hall–Kier alpha value is -2.74. The number of benzene rings is 2. The maximum Gasteiger partial charge on any atom is 0.270 e. The highest BCUT2D eigenvalue weighted by atomic mass is 79.9. The summed E-state index contributed by atoms with van der Waals surface area (Å²) in [5.41, 5.74) is 2.74. The van der Waals surface area contributed by atoms with E-state index in [0.29, 0.717) is 31.5 Å². The molecule has 7 heteroatoms. The Bertz CT molecular complexity index is 1210. The van der Waals surface area contributed by atoms with Gasteiger partial charge in [-0.25, -0.2) is 0 Å². The van der Waals surface area contributed by atoms with E-state index in [1.165, 1.54) is 11.3 Å². The topological polar surface area (TPSA) is 69.6 Å². The minimum absolute atomic E-state index is 0.236. The van der Waals surface area contributed by atoms with Gasteiger partial charge in [0.1, 0.15) is 5.70 Å². The zero-order chi connectivity index (χ0) is 24.3. The minimum Gasteiger partial charge on any atom is -0.385 e. The van der Waals surface area contributed by atoms with Gasteiger partial charge < -0.3 is 15.3 Å². The van der Waals surface area contributed by atoms with Crippen molar-refractivity contribution in [2.45, 2.75) is 32.3 Å². The van der Waals surface area contributed by atoms with E-state index in [1.807, 2.05) is 67.8 Å². The largest absolute Gasteiger partial charge is 0.385 e. The fourth-order valence-electron chi connectivity index (χ4n) is 4.04. The number of hydrogen-bond donors (Lipinski definition) is 2. The van der Waals surface area contributed by atoms with Gasteiger partial charge in [-0.2, -0.15) is 0 Å². The number of carbonyl (C=O) groups is 2. The molecule has 34 heavy (non-hydrogen) atoms. The van der Waals surface area contributed by atoms with Crippen molar-refractivity contribution in [3.63, 3.8) is 0 Å². The molecule has 5 nitrogen and oxygen atoms in total. The molecule has 0 bridgehead atoms. The number of halogens is 1. The molecule has 1 aromatic heterocycles. The van der Waals surface area contributed by atoms with Crippen LogP contribution in [0.5, 0.6) is 0 Å². The van der Waals surface area contributed by atoms with E-state index in [0.717, 1.165) is 26.0 Å². The second kappa shape index (κ2) is 10.3. The van der Waals surface area contributed by atoms with Crippen LogP contribution in [0.2, 0.25) is 0 Å². The van der Waals surface area contributed by atoms with E-state index >= 15 is 0 Å². The third-order valence-corrected chi connectivity index (χ3v) is 7.68. The predicted octanol–water partition coefficient (Wildman–Crippen LogP) is 5.41. The molecular formula is C27H27BrN2O3S. The number of hydrogen-bond acceptors (Lipinski definition) is 4. The Balaban J connectivity index is 1.52. The molecule has 2 aromatic carbocycles. The lowest BCUT2D eigenvalue weighted by atomic mass is 9.84. The van der Waals surface area contributed by atoms with Crippen LogP contribution < -0.4 is 5.32 Å². The Morgan fingerprint density at radius 3 is 2.38 bits per heavy atom. The lowest BCUT2D eigenvalue weighted by molar-refractivity contribution is -0.131. The van der Waals surface area contributed by atoms with Crippen molar-refractivity contribution < 1.29 is 14.7 Å². The molecule has 1 aliphatic rings. The van der Waals surface area contributed by atoms with Crippen LogP contribution >= 0.6 is 27.3 Å². The summed E-state index contributed by atoms with van der Waals surface area (Å²) in [5, 5.41) is 16.0. The van der Waals surface area contributed by atoms with Crippen molar-refractivity contribution in [1.29, 1.82) is 0 Å². The number of rotatable bonds is 5. The molecule has 1 saturated heterocycles. The van der Waals surface area contributed by atoms with Crippen molar-refractivity contribution in [3.8, 4) is 0 Å². The number of aryl methyl sites for hydroxylation is 2. The fraction of sp³-hybridized carbons (Fsp3) is 0.259. The average molecular weight is 539 g/mol. The standard InChI is InChI=1S/C27H27BrN2O3S/c1-18-5-6-20(16-19(18)2)25(31)29-24(17-23-4-3-15-34-23)26(32)30-13-11-27(33,12-14-30)21-7-9-22(28)10-8-21/h3-10,15-17,33H,11-14H2,1-2H3,(H,29,31)/b24-17-. The van der Waals surface area contributed by atoms with E-state index in [2.05, 4.69) is 21.2 Å². The summed E-state index contributed by atoms with van der Waals surface area (Å²) in [6.07, 6.45) is 2.58. The number of amides is 2. The highest BCUT2D eigenvalue weighted by Crippen LogP contribution is 2.34. The van der Waals surface area contributed by atoms with Crippen LogP contribution in [0.4, 0.5) is 0 Å². The van der Waals surface area contributed by atoms with Crippen LogP contribution in [0.3, 0.4) is 0 Å². The number of piperidine rings is 1. The third kappa shape index (κ3) is 5.49. The first-order valence-electron chi connectivity index (χ1n) is 11.2. The molecular weight excluding hydrogens is 512 g/mol. The summed E-state index contributed by atoms with van der Waals surface area (Å²) in [6, 6.07) is 17.0. The number of nitrogens with zero attached hydrogens (tertiary/aromatic N) is 1. The van der Waals surface area contributed by atoms with E-state index in [-0.39, 0.29) is 17.5 Å². The van der Waals surface area contributed by atoms with Crippen LogP contribution in [0.25, 0.3) is 6.08 Å². The van der Waals surface area contributed by atoms with E-state index < -0.39 is 5.60 Å². The molecule has 0 aliphatic carbocycles. The van der Waals surface area contributed by atoms with Crippen LogP contribution in [-0.2, 0) is 10.4 Å². The van der Waals surface area contributed by atoms with Gasteiger partial charge >= 0.3 is 0 Å². The molecule has 2 heterocycles. The molecule has 176 valence electrons. The van der Waals surface area contributed by atoms with Gasteiger partial charge in [-0.3, -0.25) is 9.59 Å². The van der Waals surface area contributed by atoms with E-state index in [9.17, 15) is 14.7 Å². The summed E-state index contributed by atoms with van der Waals surface area (Å²) < 4.78 is 0.954. The Labute approximate surface area is 212 Å². The zero-order valence-electron chi connectivity index (χ0n) is 19.2. The first kappa shape index (κ1) is 24.4. The third-order valence-electron chi connectivity index (χ3n) is 6.34. The molecule has 4 rings (SSSR count). The van der Waals surface area contributed by atoms with Gasteiger partial charge in [-0.05, 0) is 85.2 Å². The number of nitrogens with one attached hydrogen (secondary N) is 1. The highest BCUT2D eigenvalue weighted by Gasteiger charge is 2.36. The maximum atomic E-state index is 13.5. The minimum atomic E-state index is -0.974. The van der Waals surface area contributed by atoms with Crippen molar-refractivity contribution in [3.05, 3.63) is 97.3 Å². The number of thiophene rings is 1. The number of likely N-dealkylation sites (tertiary alicyclic amines) is 1. The molecule has 3 aromatic rings. The smallest absolute Gasteiger partial charge is 0.270 e. The Morgan fingerprint density at radius 2 is 1.76 bits per heavy atom. The SMILES string of the molecule is Cc1ccc(C(=O)N/C(=C\c2cccs2)C(=O)N2CCC(O)(c3ccc(Br)cc3)CC2)cc1C. The van der Waals surface area contributed by atoms with E-state index in [4.69, 9.17) is 0 Å². The molecule has 0 spiro atoms. The number of carbonyl (C=O) groups excluding carboxylic acids is 2. The molecule has 2 N–H and O–H groups in total. The normalized spacial score (nSPS) is 15.8. The average Bonchev–Trinajstić information content (AvgIpc) is 3.34. The Morgan fingerprint density at radius 1 is 1.06 bits per heavy atom. The quantitative estimate of drug-likeness (QED) is 0.426. The molecule has 0 atom stereocenters. The summed E-state index contributed by atoms with van der Waals surface area (Å²) in [4.78, 5) is 29.0. The van der Waals surface area contributed by atoms with Gasteiger partial charge in [0.2, 0.25) is 0 Å². The fourth-order valence-corrected chi connectivity index (χ4v) is 4.96. The summed E-state index contributed by atoms with van der Waals surface area (Å²) in [7, 11) is 0. The van der Waals surface area contributed by atoms with Gasteiger partial charge in [0.15, 0.2) is 0 Å². The zero-order valence-corrected chi connectivity index (χ0v) is 21.6. The van der Waals surface area contributed by atoms with Gasteiger partial charge in [0.05, 0.1) is 5.60 Å². The van der Waals surface area contributed by atoms with Gasteiger partial charge in [-0.1, -0.05) is 40.2 Å². The lowest BCUT2D eigenvalue weighted by Crippen LogP contribution is -2.47. The van der Waals surface area contributed by atoms with Crippen LogP contribution in [0.1, 0.15) is 44.8 Å². The molecule has 2 amide bonds. The predicted molar refractivity (Wildman–Crippen MR) is 140 cm³/mol. The second-order valence-electron chi connectivity index (χ2n) is 8.66. The van der Waals surface area contributed by atoms with Crippen LogP contribution in [-0.4, -0.2) is 34.9 Å². The van der Waals surface area contributed by atoms with Gasteiger partial charge in [0, 0.05) is 28.0 Å². The first-order chi connectivity index (χ1) is 16.2. The monoisotopic (exact) mass is 538 g/mol. The van der Waals surface area contributed by atoms with Gasteiger partial charge in [-0.15, -0.1) is 11.3 Å². The highest BCUT2D eigenvalue weighted by molar-refractivity contribution is 9.10. The second-order valence-corrected chi connectivity index (χ2v) is 10.6. The lowest BCUT2D eigenvalue weighted by Gasteiger charge is -2.38. The Kier molecular flexibility index (Phi) is 7.36. The van der Waals surface area contributed by atoms with E-state index in [1.54, 1.807) is 17.0 Å². The summed E-state index contributed by atoms with van der Waals surface area (Å²) in [6.45, 7) is 4.74. The van der Waals surface area contributed by atoms with Crippen LogP contribution in [0.15, 0.2) is 70.1 Å². The summed E-state index contributed by atoms with van der Waals surface area (Å²) in [5.74, 6) is -0.564. The molecule has 0 unspecified atom stereocenters. The summed E-state index contributed by atoms with van der Waals surface area (Å²) >= 11 is 4.92. The van der Waals surface area contributed by atoms with Crippen LogP contribution in [0, 0.1) is 13.8 Å². The van der Waals surface area contributed by atoms with Gasteiger partial charge in [0.25, 0.3) is 11.8 Å². The molecule has 0 saturated carbocycles. The number of aliphatic hydroxyl groups is 1. The van der Waals surface area contributed by atoms with Crippen molar-refractivity contribution in [2.24, 2.45) is 0 Å². The van der Waals surface area contributed by atoms with Crippen molar-refractivity contribution in [1.82, 2.24) is 10.2 Å². The first-order valence-corrected chi connectivity index (χ1v) is 12.8.